The molecular formula is C17H24N2O3. The molecule has 2 aliphatic rings. The molecule has 0 bridgehead atoms. The Morgan fingerprint density at radius 1 is 1.27 bits per heavy atom. The van der Waals surface area contributed by atoms with Gasteiger partial charge in [0.25, 0.3) is 0 Å². The van der Waals surface area contributed by atoms with Gasteiger partial charge in [-0.25, -0.2) is 0 Å². The molecule has 1 amide bonds. The number of fused-ring (bicyclic) bond motifs is 1. The van der Waals surface area contributed by atoms with Gasteiger partial charge in [-0.15, -0.1) is 0 Å². The Morgan fingerprint density at radius 3 is 2.77 bits per heavy atom. The number of carbonyl (C=O) groups is 1. The first kappa shape index (κ1) is 15.2. The molecule has 3 rings (SSSR count). The van der Waals surface area contributed by atoms with Gasteiger partial charge < -0.3 is 20.1 Å². The van der Waals surface area contributed by atoms with E-state index in [-0.39, 0.29) is 11.9 Å². The quantitative estimate of drug-likeness (QED) is 0.890. The summed E-state index contributed by atoms with van der Waals surface area (Å²) in [6.07, 6.45) is 2.14. The van der Waals surface area contributed by atoms with Crippen molar-refractivity contribution in [1.29, 1.82) is 0 Å². The molecule has 0 spiro atoms. The lowest BCUT2D eigenvalue weighted by Gasteiger charge is -2.30. The second-order valence-electron chi connectivity index (χ2n) is 6.50. The number of hydrogen-bond donors (Lipinski definition) is 2. The number of carbonyl (C=O) groups excluding carboxylic acids is 1. The van der Waals surface area contributed by atoms with E-state index in [4.69, 9.17) is 9.47 Å². The number of rotatable bonds is 3. The van der Waals surface area contributed by atoms with Crippen LogP contribution in [0.3, 0.4) is 0 Å². The first-order valence-corrected chi connectivity index (χ1v) is 7.99. The molecule has 5 heteroatoms. The molecule has 2 N–H and O–H groups in total. The second-order valence-corrected chi connectivity index (χ2v) is 6.50. The van der Waals surface area contributed by atoms with Gasteiger partial charge in [0, 0.05) is 12.6 Å². The van der Waals surface area contributed by atoms with E-state index >= 15 is 0 Å². The molecule has 1 saturated heterocycles. The van der Waals surface area contributed by atoms with Crippen LogP contribution in [-0.2, 0) is 10.2 Å². The minimum atomic E-state index is -0.604. The topological polar surface area (TPSA) is 59.6 Å². The van der Waals surface area contributed by atoms with Gasteiger partial charge in [0.2, 0.25) is 5.91 Å². The van der Waals surface area contributed by atoms with E-state index in [0.29, 0.717) is 13.2 Å². The zero-order valence-electron chi connectivity index (χ0n) is 13.3. The Hall–Kier alpha value is -1.75. The lowest BCUT2D eigenvalue weighted by atomic mass is 9.83. The molecule has 120 valence electrons. The van der Waals surface area contributed by atoms with Crippen LogP contribution in [0.1, 0.15) is 32.3 Å². The molecule has 0 radical (unpaired) electrons. The van der Waals surface area contributed by atoms with Crippen molar-refractivity contribution in [2.24, 2.45) is 0 Å². The number of nitrogens with one attached hydrogen (secondary N) is 2. The highest BCUT2D eigenvalue weighted by molar-refractivity contribution is 5.87. The average molecular weight is 304 g/mol. The average Bonchev–Trinajstić information content (AvgIpc) is 2.55. The van der Waals surface area contributed by atoms with Gasteiger partial charge in [-0.2, -0.15) is 0 Å². The van der Waals surface area contributed by atoms with Crippen molar-refractivity contribution in [3.63, 3.8) is 0 Å². The van der Waals surface area contributed by atoms with Gasteiger partial charge in [0.05, 0.1) is 5.41 Å². The molecule has 1 atom stereocenters. The fourth-order valence-corrected chi connectivity index (χ4v) is 2.90. The molecule has 1 aromatic rings. The lowest BCUT2D eigenvalue weighted by Crippen LogP contribution is -2.50. The van der Waals surface area contributed by atoms with Gasteiger partial charge >= 0.3 is 0 Å². The monoisotopic (exact) mass is 304 g/mol. The van der Waals surface area contributed by atoms with E-state index in [2.05, 4.69) is 10.6 Å². The van der Waals surface area contributed by atoms with Crippen LogP contribution in [0, 0.1) is 0 Å². The summed E-state index contributed by atoms with van der Waals surface area (Å²) in [6, 6.07) is 5.98. The maximum absolute atomic E-state index is 12.7. The van der Waals surface area contributed by atoms with Crippen molar-refractivity contribution in [3.05, 3.63) is 23.8 Å². The van der Waals surface area contributed by atoms with Crippen LogP contribution >= 0.6 is 0 Å². The van der Waals surface area contributed by atoms with E-state index in [9.17, 15) is 4.79 Å². The molecule has 5 nitrogen and oxygen atoms in total. The summed E-state index contributed by atoms with van der Waals surface area (Å²) in [5, 5.41) is 6.49. The minimum absolute atomic E-state index is 0.0536. The molecule has 2 aliphatic heterocycles. The summed E-state index contributed by atoms with van der Waals surface area (Å²) in [6.45, 7) is 6.91. The third-order valence-electron chi connectivity index (χ3n) is 4.46. The Balaban J connectivity index is 1.74. The zero-order chi connectivity index (χ0) is 15.6. The fourth-order valence-electron chi connectivity index (χ4n) is 2.90. The highest BCUT2D eigenvalue weighted by Crippen LogP contribution is 2.35. The third-order valence-corrected chi connectivity index (χ3v) is 4.46. The Bertz CT molecular complexity index is 551. The number of benzene rings is 1. The van der Waals surface area contributed by atoms with Crippen molar-refractivity contribution in [2.75, 3.05) is 26.3 Å². The van der Waals surface area contributed by atoms with Crippen molar-refractivity contribution in [2.45, 2.75) is 38.1 Å². The number of hydrogen-bond acceptors (Lipinski definition) is 4. The molecule has 0 aromatic heterocycles. The van der Waals surface area contributed by atoms with Crippen LogP contribution in [0.25, 0.3) is 0 Å². The molecule has 2 heterocycles. The maximum atomic E-state index is 12.7. The second kappa shape index (κ2) is 6.16. The van der Waals surface area contributed by atoms with Crippen LogP contribution in [0.2, 0.25) is 0 Å². The Morgan fingerprint density at radius 2 is 2.05 bits per heavy atom. The first-order valence-electron chi connectivity index (χ1n) is 7.99. The molecule has 0 saturated carbocycles. The van der Waals surface area contributed by atoms with Crippen molar-refractivity contribution >= 4 is 5.91 Å². The minimum Gasteiger partial charge on any atom is -0.486 e. The maximum Gasteiger partial charge on any atom is 0.230 e. The first-order chi connectivity index (χ1) is 10.6. The van der Waals surface area contributed by atoms with Crippen LogP contribution in [0.5, 0.6) is 11.5 Å². The fraction of sp³-hybridized carbons (Fsp3) is 0.588. The van der Waals surface area contributed by atoms with Crippen LogP contribution < -0.4 is 20.1 Å². The Labute approximate surface area is 131 Å². The van der Waals surface area contributed by atoms with Gasteiger partial charge in [-0.1, -0.05) is 6.07 Å². The summed E-state index contributed by atoms with van der Waals surface area (Å²) in [5.74, 6) is 1.53. The van der Waals surface area contributed by atoms with Crippen molar-refractivity contribution < 1.29 is 14.3 Å². The van der Waals surface area contributed by atoms with Gasteiger partial charge in [0.15, 0.2) is 11.5 Å². The molecule has 22 heavy (non-hydrogen) atoms. The standard InChI is InChI=1S/C17H24N2O3/c1-17(2,16(20)19-13-4-3-7-18-11-13)12-5-6-14-15(10-12)22-9-8-21-14/h5-6,10,13,18H,3-4,7-9,11H2,1-2H3,(H,19,20). The largest absolute Gasteiger partial charge is 0.486 e. The highest BCUT2D eigenvalue weighted by atomic mass is 16.6. The summed E-state index contributed by atoms with van der Waals surface area (Å²) in [7, 11) is 0. The van der Waals surface area contributed by atoms with Crippen LogP contribution in [-0.4, -0.2) is 38.3 Å². The van der Waals surface area contributed by atoms with Crippen molar-refractivity contribution in [3.8, 4) is 11.5 Å². The zero-order valence-corrected chi connectivity index (χ0v) is 13.3. The smallest absolute Gasteiger partial charge is 0.230 e. The van der Waals surface area contributed by atoms with Crippen molar-refractivity contribution in [1.82, 2.24) is 10.6 Å². The third kappa shape index (κ3) is 3.04. The van der Waals surface area contributed by atoms with E-state index < -0.39 is 5.41 Å². The highest BCUT2D eigenvalue weighted by Gasteiger charge is 2.32. The molecular weight excluding hydrogens is 280 g/mol. The van der Waals surface area contributed by atoms with E-state index in [1.165, 1.54) is 0 Å². The van der Waals surface area contributed by atoms with Gasteiger partial charge in [-0.05, 0) is 50.9 Å². The summed E-state index contributed by atoms with van der Waals surface area (Å²) < 4.78 is 11.2. The van der Waals surface area contributed by atoms with Crippen LogP contribution in [0.15, 0.2) is 18.2 Å². The number of ether oxygens (including phenoxy) is 2. The van der Waals surface area contributed by atoms with E-state index in [0.717, 1.165) is 43.0 Å². The van der Waals surface area contributed by atoms with E-state index in [1.807, 2.05) is 32.0 Å². The summed E-state index contributed by atoms with van der Waals surface area (Å²) in [5.41, 5.74) is 0.339. The van der Waals surface area contributed by atoms with Gasteiger partial charge in [0.1, 0.15) is 13.2 Å². The van der Waals surface area contributed by atoms with Crippen LogP contribution in [0.4, 0.5) is 0 Å². The molecule has 1 unspecified atom stereocenters. The number of amides is 1. The Kier molecular flexibility index (Phi) is 4.25. The normalized spacial score (nSPS) is 21.3. The molecule has 1 fully saturated rings. The van der Waals surface area contributed by atoms with Gasteiger partial charge in [-0.3, -0.25) is 4.79 Å². The number of piperidine rings is 1. The summed E-state index contributed by atoms with van der Waals surface area (Å²) >= 11 is 0. The molecule has 0 aliphatic carbocycles. The predicted octanol–water partition coefficient (Wildman–Crippen LogP) is 1.60. The molecule has 1 aromatic carbocycles. The van der Waals surface area contributed by atoms with E-state index in [1.54, 1.807) is 0 Å². The summed E-state index contributed by atoms with van der Waals surface area (Å²) in [4.78, 5) is 12.7. The predicted molar refractivity (Wildman–Crippen MR) is 84.5 cm³/mol. The lowest BCUT2D eigenvalue weighted by molar-refractivity contribution is -0.126. The SMILES string of the molecule is CC(C)(C(=O)NC1CCCNC1)c1ccc2c(c1)OCCO2.